The zero-order chi connectivity index (χ0) is 32.0. The Balaban J connectivity index is 3.35. The van der Waals surface area contributed by atoms with Crippen molar-refractivity contribution in [1.29, 1.82) is 0 Å². The van der Waals surface area contributed by atoms with Crippen molar-refractivity contribution in [2.75, 3.05) is 0 Å². The number of aliphatic carboxylic acids is 1. The average molecular weight is 621 g/mol. The number of rotatable bonds is 39. The van der Waals surface area contributed by atoms with Crippen molar-refractivity contribution in [2.45, 2.75) is 258 Å². The molecule has 0 amide bonds. The van der Waals surface area contributed by atoms with Crippen LogP contribution in [-0.2, 0) is 4.79 Å². The van der Waals surface area contributed by atoms with Crippen LogP contribution < -0.4 is 0 Å². The van der Waals surface area contributed by atoms with Crippen molar-refractivity contribution in [3.05, 3.63) is 0 Å². The van der Waals surface area contributed by atoms with Crippen LogP contribution in [0.2, 0.25) is 0 Å². The lowest BCUT2D eigenvalue weighted by molar-refractivity contribution is -0.142. The summed E-state index contributed by atoms with van der Waals surface area (Å²) in [7, 11) is 0. The second kappa shape index (κ2) is 38.7. The Kier molecular flexibility index (Phi) is 38.2. The van der Waals surface area contributed by atoms with Gasteiger partial charge in [0.2, 0.25) is 0 Å². The van der Waals surface area contributed by atoms with Gasteiger partial charge in [-0.3, -0.25) is 4.79 Å². The molecule has 0 aliphatic rings. The maximum absolute atomic E-state index is 11.7. The van der Waals surface area contributed by atoms with E-state index in [4.69, 9.17) is 0 Å². The van der Waals surface area contributed by atoms with Crippen molar-refractivity contribution in [2.24, 2.45) is 5.92 Å². The van der Waals surface area contributed by atoms with Crippen molar-refractivity contribution >= 4 is 5.97 Å². The maximum atomic E-state index is 11.7. The molecular formula is C42H84O2. The normalized spacial score (nSPS) is 12.2. The van der Waals surface area contributed by atoms with Crippen LogP contribution in [0.15, 0.2) is 0 Å². The van der Waals surface area contributed by atoms with Crippen LogP contribution >= 0.6 is 0 Å². The van der Waals surface area contributed by atoms with Crippen LogP contribution in [0, 0.1) is 5.92 Å². The Bertz CT molecular complexity index is 530. The van der Waals surface area contributed by atoms with Gasteiger partial charge in [-0.15, -0.1) is 0 Å². The minimum atomic E-state index is -0.552. The van der Waals surface area contributed by atoms with Gasteiger partial charge in [0.05, 0.1) is 5.92 Å². The SMILES string of the molecule is CCCCCCCCCCCCCCCCCCCCCCC(CCCCCCCCCCCCCCCCCC)C(=O)O. The molecule has 0 aliphatic carbocycles. The Hall–Kier alpha value is -0.530. The smallest absolute Gasteiger partial charge is 0.306 e. The van der Waals surface area contributed by atoms with Crippen molar-refractivity contribution < 1.29 is 9.90 Å². The van der Waals surface area contributed by atoms with Crippen LogP contribution in [-0.4, -0.2) is 11.1 Å². The number of hydrogen-bond acceptors (Lipinski definition) is 1. The molecule has 44 heavy (non-hydrogen) atoms. The largest absolute Gasteiger partial charge is 0.481 e. The molecule has 0 saturated heterocycles. The second-order valence-electron chi connectivity index (χ2n) is 14.6. The molecule has 0 aromatic rings. The third-order valence-corrected chi connectivity index (χ3v) is 10.2. The third-order valence-electron chi connectivity index (χ3n) is 10.2. The lowest BCUT2D eigenvalue weighted by atomic mass is 9.94. The summed E-state index contributed by atoms with van der Waals surface area (Å²) >= 11 is 0. The summed E-state index contributed by atoms with van der Waals surface area (Å²) in [5, 5.41) is 9.66. The van der Waals surface area contributed by atoms with E-state index >= 15 is 0 Å². The van der Waals surface area contributed by atoms with Gasteiger partial charge >= 0.3 is 5.97 Å². The number of carboxylic acids is 1. The summed E-state index contributed by atoms with van der Waals surface area (Å²) in [4.78, 5) is 11.7. The van der Waals surface area contributed by atoms with Gasteiger partial charge < -0.3 is 5.11 Å². The maximum Gasteiger partial charge on any atom is 0.306 e. The predicted molar refractivity (Wildman–Crippen MR) is 198 cm³/mol. The standard InChI is InChI=1S/C42H84O2/c1-3-5-7-9-11-13-15-17-19-21-22-23-24-26-28-30-32-34-36-38-40-41(42(43)44)39-37-35-33-31-29-27-25-20-18-16-14-12-10-8-6-4-2/h41H,3-40H2,1-2H3,(H,43,44). The molecule has 1 unspecified atom stereocenters. The van der Waals surface area contributed by atoms with Gasteiger partial charge in [0.1, 0.15) is 0 Å². The van der Waals surface area contributed by atoms with Gasteiger partial charge in [-0.2, -0.15) is 0 Å². The number of unbranched alkanes of at least 4 members (excludes halogenated alkanes) is 34. The van der Waals surface area contributed by atoms with Crippen LogP contribution in [0.1, 0.15) is 258 Å². The number of carboxylic acid groups (broad SMARTS) is 1. The van der Waals surface area contributed by atoms with E-state index in [0.29, 0.717) is 0 Å². The molecule has 264 valence electrons. The molecule has 2 nitrogen and oxygen atoms in total. The molecule has 0 spiro atoms. The van der Waals surface area contributed by atoms with Crippen LogP contribution in [0.3, 0.4) is 0 Å². The minimum absolute atomic E-state index is 0.0998. The fourth-order valence-corrected chi connectivity index (χ4v) is 6.98. The van der Waals surface area contributed by atoms with E-state index in [-0.39, 0.29) is 5.92 Å². The van der Waals surface area contributed by atoms with Crippen LogP contribution in [0.5, 0.6) is 0 Å². The molecule has 0 saturated carbocycles. The van der Waals surface area contributed by atoms with Crippen molar-refractivity contribution in [3.8, 4) is 0 Å². The first kappa shape index (κ1) is 43.5. The lowest BCUT2D eigenvalue weighted by Crippen LogP contribution is -2.13. The number of hydrogen-bond donors (Lipinski definition) is 1. The van der Waals surface area contributed by atoms with Gasteiger partial charge in [0, 0.05) is 0 Å². The van der Waals surface area contributed by atoms with E-state index in [9.17, 15) is 9.90 Å². The molecule has 0 aromatic carbocycles. The van der Waals surface area contributed by atoms with Crippen molar-refractivity contribution in [1.82, 2.24) is 0 Å². The second-order valence-corrected chi connectivity index (χ2v) is 14.6. The summed E-state index contributed by atoms with van der Waals surface area (Å²) in [6.45, 7) is 4.59. The summed E-state index contributed by atoms with van der Waals surface area (Å²) < 4.78 is 0. The first-order chi connectivity index (χ1) is 21.7. The monoisotopic (exact) mass is 621 g/mol. The fourth-order valence-electron chi connectivity index (χ4n) is 6.98. The van der Waals surface area contributed by atoms with E-state index < -0.39 is 5.97 Å². The zero-order valence-corrected chi connectivity index (χ0v) is 30.8. The average Bonchev–Trinajstić information content (AvgIpc) is 3.02. The molecule has 0 rings (SSSR count). The quantitative estimate of drug-likeness (QED) is 0.0694. The van der Waals surface area contributed by atoms with Gasteiger partial charge in [-0.1, -0.05) is 245 Å². The van der Waals surface area contributed by atoms with E-state index in [2.05, 4.69) is 13.8 Å². The van der Waals surface area contributed by atoms with Crippen LogP contribution in [0.25, 0.3) is 0 Å². The molecular weight excluding hydrogens is 536 g/mol. The van der Waals surface area contributed by atoms with E-state index in [1.165, 1.54) is 218 Å². The van der Waals surface area contributed by atoms with E-state index in [1.54, 1.807) is 0 Å². The Morgan fingerprint density at radius 3 is 0.636 bits per heavy atom. The van der Waals surface area contributed by atoms with Gasteiger partial charge in [-0.05, 0) is 12.8 Å². The minimum Gasteiger partial charge on any atom is -0.481 e. The predicted octanol–water partition coefficient (Wildman–Crippen LogP) is 15.6. The Morgan fingerprint density at radius 1 is 0.318 bits per heavy atom. The van der Waals surface area contributed by atoms with Gasteiger partial charge in [-0.25, -0.2) is 0 Å². The third kappa shape index (κ3) is 35.9. The Labute approximate surface area is 279 Å². The molecule has 0 heterocycles. The van der Waals surface area contributed by atoms with E-state index in [1.807, 2.05) is 0 Å². The molecule has 0 aromatic heterocycles. The highest BCUT2D eigenvalue weighted by atomic mass is 16.4. The van der Waals surface area contributed by atoms with E-state index in [0.717, 1.165) is 25.7 Å². The fraction of sp³-hybridized carbons (Fsp3) is 0.976. The first-order valence-corrected chi connectivity index (χ1v) is 20.9. The molecule has 0 radical (unpaired) electrons. The summed E-state index contributed by atoms with van der Waals surface area (Å²) in [5.41, 5.74) is 0. The van der Waals surface area contributed by atoms with Crippen molar-refractivity contribution in [3.63, 3.8) is 0 Å². The molecule has 0 aliphatic heterocycles. The topological polar surface area (TPSA) is 37.3 Å². The zero-order valence-electron chi connectivity index (χ0n) is 30.8. The molecule has 1 atom stereocenters. The number of carbonyl (C=O) groups is 1. The first-order valence-electron chi connectivity index (χ1n) is 20.9. The van der Waals surface area contributed by atoms with Gasteiger partial charge in [0.15, 0.2) is 0 Å². The molecule has 0 bridgehead atoms. The molecule has 1 N–H and O–H groups in total. The molecule has 2 heteroatoms. The highest BCUT2D eigenvalue weighted by molar-refractivity contribution is 5.69. The summed E-state index contributed by atoms with van der Waals surface area (Å²) in [6.07, 6.45) is 51.7. The van der Waals surface area contributed by atoms with Crippen LogP contribution in [0.4, 0.5) is 0 Å². The lowest BCUT2D eigenvalue weighted by Gasteiger charge is -2.12. The molecule has 0 fully saturated rings. The Morgan fingerprint density at radius 2 is 0.477 bits per heavy atom. The highest BCUT2D eigenvalue weighted by Crippen LogP contribution is 2.21. The summed E-state index contributed by atoms with van der Waals surface area (Å²) in [6, 6.07) is 0. The summed E-state index contributed by atoms with van der Waals surface area (Å²) in [5.74, 6) is -0.652. The highest BCUT2D eigenvalue weighted by Gasteiger charge is 2.16. The van der Waals surface area contributed by atoms with Gasteiger partial charge in [0.25, 0.3) is 0 Å².